The normalized spacial score (nSPS) is 30.6. The standard InChI is InChI=1S/C11H23N3O3S/c1-9-7-14(8-10(2)17-9)18(15,16)13-6-5-12-11-3-4-11/h9-13H,3-8H2,1-2H3. The number of rotatable bonds is 6. The minimum Gasteiger partial charge on any atom is -0.373 e. The molecular formula is C11H23N3O3S. The first-order chi connectivity index (χ1) is 8.47. The van der Waals surface area contributed by atoms with E-state index >= 15 is 0 Å². The molecule has 2 fully saturated rings. The van der Waals surface area contributed by atoms with Gasteiger partial charge in [0.05, 0.1) is 12.2 Å². The zero-order valence-corrected chi connectivity index (χ0v) is 11.9. The predicted molar refractivity (Wildman–Crippen MR) is 69.5 cm³/mol. The van der Waals surface area contributed by atoms with E-state index in [1.165, 1.54) is 17.1 Å². The first kappa shape index (κ1) is 14.2. The molecule has 0 spiro atoms. The molecule has 18 heavy (non-hydrogen) atoms. The molecule has 2 N–H and O–H groups in total. The number of morpholine rings is 1. The summed E-state index contributed by atoms with van der Waals surface area (Å²) < 4.78 is 33.8. The van der Waals surface area contributed by atoms with Gasteiger partial charge in [0.25, 0.3) is 10.2 Å². The fraction of sp³-hybridized carbons (Fsp3) is 1.00. The van der Waals surface area contributed by atoms with Crippen LogP contribution >= 0.6 is 0 Å². The van der Waals surface area contributed by atoms with Gasteiger partial charge in [0, 0.05) is 32.2 Å². The van der Waals surface area contributed by atoms with Gasteiger partial charge in [0.2, 0.25) is 0 Å². The van der Waals surface area contributed by atoms with Crippen LogP contribution < -0.4 is 10.0 Å². The molecule has 1 saturated heterocycles. The van der Waals surface area contributed by atoms with Crippen molar-refractivity contribution in [2.75, 3.05) is 26.2 Å². The Balaban J connectivity index is 1.77. The lowest BCUT2D eigenvalue weighted by Gasteiger charge is -2.34. The number of nitrogens with zero attached hydrogens (tertiary/aromatic N) is 1. The fourth-order valence-electron chi connectivity index (χ4n) is 2.16. The van der Waals surface area contributed by atoms with Gasteiger partial charge in [-0.15, -0.1) is 0 Å². The van der Waals surface area contributed by atoms with Crippen LogP contribution in [-0.4, -0.2) is 57.2 Å². The molecule has 0 aromatic carbocycles. The van der Waals surface area contributed by atoms with Crippen molar-refractivity contribution >= 4 is 10.2 Å². The highest BCUT2D eigenvalue weighted by atomic mass is 32.2. The monoisotopic (exact) mass is 277 g/mol. The lowest BCUT2D eigenvalue weighted by molar-refractivity contribution is -0.0443. The molecule has 0 amide bonds. The van der Waals surface area contributed by atoms with Crippen LogP contribution in [0.2, 0.25) is 0 Å². The van der Waals surface area contributed by atoms with Crippen LogP contribution in [0.3, 0.4) is 0 Å². The maximum atomic E-state index is 12.1. The van der Waals surface area contributed by atoms with Crippen LogP contribution in [0.25, 0.3) is 0 Å². The largest absolute Gasteiger partial charge is 0.373 e. The van der Waals surface area contributed by atoms with Gasteiger partial charge < -0.3 is 10.1 Å². The second-order valence-electron chi connectivity index (χ2n) is 5.20. The molecule has 7 heteroatoms. The summed E-state index contributed by atoms with van der Waals surface area (Å²) in [6, 6.07) is 0.609. The van der Waals surface area contributed by atoms with E-state index in [1.807, 2.05) is 13.8 Å². The molecule has 0 bridgehead atoms. The Morgan fingerprint density at radius 1 is 1.17 bits per heavy atom. The Kier molecular flexibility index (Phi) is 4.60. The molecule has 2 aliphatic rings. The number of hydrogen-bond donors (Lipinski definition) is 2. The van der Waals surface area contributed by atoms with Crippen molar-refractivity contribution in [2.24, 2.45) is 0 Å². The van der Waals surface area contributed by atoms with Crippen LogP contribution in [0.1, 0.15) is 26.7 Å². The van der Waals surface area contributed by atoms with Crippen molar-refractivity contribution in [1.29, 1.82) is 0 Å². The molecule has 0 radical (unpaired) electrons. The van der Waals surface area contributed by atoms with Crippen LogP contribution in [0.15, 0.2) is 0 Å². The highest BCUT2D eigenvalue weighted by molar-refractivity contribution is 7.87. The van der Waals surface area contributed by atoms with Crippen LogP contribution in [0.5, 0.6) is 0 Å². The van der Waals surface area contributed by atoms with E-state index in [0.29, 0.717) is 32.2 Å². The summed E-state index contributed by atoms with van der Waals surface area (Å²) in [4.78, 5) is 0. The third-order valence-electron chi connectivity index (χ3n) is 3.15. The quantitative estimate of drug-likeness (QED) is 0.653. The fourth-order valence-corrected chi connectivity index (χ4v) is 3.52. The first-order valence-electron chi connectivity index (χ1n) is 6.61. The van der Waals surface area contributed by atoms with Crippen LogP contribution in [0.4, 0.5) is 0 Å². The van der Waals surface area contributed by atoms with Crippen molar-refractivity contribution in [3.8, 4) is 0 Å². The van der Waals surface area contributed by atoms with Gasteiger partial charge in [-0.05, 0) is 26.7 Å². The van der Waals surface area contributed by atoms with E-state index in [1.54, 1.807) is 0 Å². The molecule has 1 aliphatic carbocycles. The van der Waals surface area contributed by atoms with Crippen molar-refractivity contribution in [3.05, 3.63) is 0 Å². The Labute approximate surface area is 109 Å². The molecule has 2 unspecified atom stereocenters. The molecular weight excluding hydrogens is 254 g/mol. The number of hydrogen-bond acceptors (Lipinski definition) is 4. The molecule has 2 atom stereocenters. The average molecular weight is 277 g/mol. The molecule has 1 aliphatic heterocycles. The van der Waals surface area contributed by atoms with Gasteiger partial charge in [-0.2, -0.15) is 12.7 Å². The Morgan fingerprint density at radius 2 is 1.78 bits per heavy atom. The summed E-state index contributed by atoms with van der Waals surface area (Å²) in [5.41, 5.74) is 0. The maximum Gasteiger partial charge on any atom is 0.279 e. The second-order valence-corrected chi connectivity index (χ2v) is 6.96. The Morgan fingerprint density at radius 3 is 2.33 bits per heavy atom. The molecule has 1 heterocycles. The highest BCUT2D eigenvalue weighted by Crippen LogP contribution is 2.18. The van der Waals surface area contributed by atoms with Gasteiger partial charge in [-0.25, -0.2) is 4.72 Å². The molecule has 6 nitrogen and oxygen atoms in total. The molecule has 2 rings (SSSR count). The zero-order valence-electron chi connectivity index (χ0n) is 11.1. The van der Waals surface area contributed by atoms with Crippen molar-refractivity contribution in [3.63, 3.8) is 0 Å². The average Bonchev–Trinajstić information content (AvgIpc) is 3.07. The Bertz CT molecular complexity index is 360. The third-order valence-corrected chi connectivity index (χ3v) is 4.69. The van der Waals surface area contributed by atoms with Crippen molar-refractivity contribution < 1.29 is 13.2 Å². The molecule has 0 aromatic heterocycles. The summed E-state index contributed by atoms with van der Waals surface area (Å²) >= 11 is 0. The minimum atomic E-state index is -3.36. The summed E-state index contributed by atoms with van der Waals surface area (Å²) in [5, 5.41) is 3.28. The van der Waals surface area contributed by atoms with Gasteiger partial charge in [-0.3, -0.25) is 0 Å². The molecule has 106 valence electrons. The van der Waals surface area contributed by atoms with Crippen molar-refractivity contribution in [1.82, 2.24) is 14.3 Å². The van der Waals surface area contributed by atoms with E-state index in [4.69, 9.17) is 4.74 Å². The van der Waals surface area contributed by atoms with Gasteiger partial charge in [0.15, 0.2) is 0 Å². The van der Waals surface area contributed by atoms with Crippen LogP contribution in [-0.2, 0) is 14.9 Å². The summed E-state index contributed by atoms with van der Waals surface area (Å²) in [6.07, 6.45) is 2.33. The van der Waals surface area contributed by atoms with Gasteiger partial charge in [-0.1, -0.05) is 0 Å². The van der Waals surface area contributed by atoms with Gasteiger partial charge >= 0.3 is 0 Å². The van der Waals surface area contributed by atoms with E-state index < -0.39 is 10.2 Å². The SMILES string of the molecule is CC1CN(S(=O)(=O)NCCNC2CC2)CC(C)O1. The van der Waals surface area contributed by atoms with Crippen molar-refractivity contribution in [2.45, 2.75) is 44.9 Å². The first-order valence-corrected chi connectivity index (χ1v) is 8.05. The minimum absolute atomic E-state index is 0.0464. The summed E-state index contributed by atoms with van der Waals surface area (Å²) in [5.74, 6) is 0. The third kappa shape index (κ3) is 4.17. The smallest absolute Gasteiger partial charge is 0.279 e. The zero-order chi connectivity index (χ0) is 13.2. The van der Waals surface area contributed by atoms with E-state index in [2.05, 4.69) is 10.0 Å². The molecule has 1 saturated carbocycles. The Hall–Kier alpha value is -0.210. The van der Waals surface area contributed by atoms with E-state index in [9.17, 15) is 8.42 Å². The molecule has 0 aromatic rings. The lowest BCUT2D eigenvalue weighted by Crippen LogP contribution is -2.52. The predicted octanol–water partition coefficient (Wildman–Crippen LogP) is -0.318. The van der Waals surface area contributed by atoms with E-state index in [0.717, 1.165) is 0 Å². The van der Waals surface area contributed by atoms with Crippen LogP contribution in [0, 0.1) is 0 Å². The number of ether oxygens (including phenoxy) is 1. The lowest BCUT2D eigenvalue weighted by atomic mass is 10.3. The number of nitrogens with one attached hydrogen (secondary N) is 2. The topological polar surface area (TPSA) is 70.7 Å². The van der Waals surface area contributed by atoms with E-state index in [-0.39, 0.29) is 12.2 Å². The second kappa shape index (κ2) is 5.83. The maximum absolute atomic E-state index is 12.1. The summed E-state index contributed by atoms with van der Waals surface area (Å²) in [7, 11) is -3.36. The summed E-state index contributed by atoms with van der Waals surface area (Å²) in [6.45, 7) is 5.78. The highest BCUT2D eigenvalue weighted by Gasteiger charge is 2.30. The van der Waals surface area contributed by atoms with Gasteiger partial charge in [0.1, 0.15) is 0 Å².